The third-order valence-electron chi connectivity index (χ3n) is 3.29. The summed E-state index contributed by atoms with van der Waals surface area (Å²) in [6.07, 6.45) is 4.26. The topological polar surface area (TPSA) is 57.3 Å². The summed E-state index contributed by atoms with van der Waals surface area (Å²) in [5.41, 5.74) is 0.476. The predicted octanol–water partition coefficient (Wildman–Crippen LogP) is 1.85. The van der Waals surface area contributed by atoms with Crippen LogP contribution in [0.2, 0.25) is 0 Å². The molecule has 2 N–H and O–H groups in total. The number of urea groups is 1. The fourth-order valence-corrected chi connectivity index (χ4v) is 2.29. The smallest absolute Gasteiger partial charge is 0.319 e. The quantitative estimate of drug-likeness (QED) is 0.638. The van der Waals surface area contributed by atoms with Gasteiger partial charge in [-0.2, -0.15) is 4.39 Å². The van der Waals surface area contributed by atoms with Gasteiger partial charge in [-0.15, -0.1) is 6.58 Å². The lowest BCUT2D eigenvalue weighted by Crippen LogP contribution is -2.34. The highest BCUT2D eigenvalue weighted by Gasteiger charge is 2.21. The van der Waals surface area contributed by atoms with E-state index >= 15 is 0 Å². The van der Waals surface area contributed by atoms with E-state index in [0.717, 1.165) is 26.1 Å². The van der Waals surface area contributed by atoms with E-state index in [-0.39, 0.29) is 6.03 Å². The van der Waals surface area contributed by atoms with Crippen molar-refractivity contribution in [3.8, 4) is 0 Å². The number of rotatable bonds is 5. The zero-order valence-electron chi connectivity index (χ0n) is 11.3. The van der Waals surface area contributed by atoms with E-state index in [1.807, 2.05) is 6.08 Å². The Balaban J connectivity index is 1.70. The second-order valence-electron chi connectivity index (χ2n) is 4.91. The number of carbonyl (C=O) groups excluding carboxylic acids is 1. The molecule has 20 heavy (non-hydrogen) atoms. The Morgan fingerprint density at radius 1 is 1.60 bits per heavy atom. The third-order valence-corrected chi connectivity index (χ3v) is 3.29. The van der Waals surface area contributed by atoms with Gasteiger partial charge in [0, 0.05) is 19.6 Å². The minimum absolute atomic E-state index is 0.291. The average Bonchev–Trinajstić information content (AvgIpc) is 2.87. The Hall–Kier alpha value is -1.95. The molecule has 0 unspecified atom stereocenters. The van der Waals surface area contributed by atoms with E-state index in [4.69, 9.17) is 0 Å². The average molecular weight is 278 g/mol. The Labute approximate surface area is 117 Å². The molecule has 1 aliphatic heterocycles. The molecule has 0 aromatic carbocycles. The van der Waals surface area contributed by atoms with Crippen LogP contribution in [-0.4, -0.2) is 42.1 Å². The van der Waals surface area contributed by atoms with Crippen molar-refractivity contribution in [1.29, 1.82) is 0 Å². The number of hydrogen-bond acceptors (Lipinski definition) is 3. The highest BCUT2D eigenvalue weighted by atomic mass is 19.1. The van der Waals surface area contributed by atoms with Crippen molar-refractivity contribution in [2.75, 3.05) is 31.5 Å². The monoisotopic (exact) mass is 278 g/mol. The lowest BCUT2D eigenvalue weighted by molar-refractivity contribution is 0.250. The van der Waals surface area contributed by atoms with Crippen LogP contribution in [0.3, 0.4) is 0 Å². The molecule has 0 spiro atoms. The number of aromatic nitrogens is 1. The number of halogens is 1. The summed E-state index contributed by atoms with van der Waals surface area (Å²) in [5, 5.41) is 5.45. The van der Waals surface area contributed by atoms with E-state index in [1.54, 1.807) is 0 Å². The van der Waals surface area contributed by atoms with Crippen LogP contribution in [0.25, 0.3) is 0 Å². The van der Waals surface area contributed by atoms with Crippen molar-refractivity contribution in [3.63, 3.8) is 0 Å². The van der Waals surface area contributed by atoms with Crippen molar-refractivity contribution in [3.05, 3.63) is 36.9 Å². The zero-order valence-corrected chi connectivity index (χ0v) is 11.3. The molecule has 2 rings (SSSR count). The molecule has 0 saturated carbocycles. The fourth-order valence-electron chi connectivity index (χ4n) is 2.29. The van der Waals surface area contributed by atoms with Crippen LogP contribution in [-0.2, 0) is 0 Å². The maximum atomic E-state index is 12.6. The molecular formula is C14H19FN4O. The largest absolute Gasteiger partial charge is 0.338 e. The number of pyridine rings is 1. The summed E-state index contributed by atoms with van der Waals surface area (Å²) in [6.45, 7) is 7.27. The second kappa shape index (κ2) is 7.00. The zero-order chi connectivity index (χ0) is 14.4. The molecule has 0 radical (unpaired) electrons. The van der Waals surface area contributed by atoms with Gasteiger partial charge in [0.1, 0.15) is 0 Å². The van der Waals surface area contributed by atoms with Crippen molar-refractivity contribution < 1.29 is 9.18 Å². The molecule has 1 aromatic heterocycles. The Bertz CT molecular complexity index is 463. The van der Waals surface area contributed by atoms with E-state index in [0.29, 0.717) is 18.2 Å². The predicted molar refractivity (Wildman–Crippen MR) is 76.0 cm³/mol. The summed E-state index contributed by atoms with van der Waals surface area (Å²) >= 11 is 0. The molecule has 5 nitrogen and oxygen atoms in total. The fraction of sp³-hybridized carbons (Fsp3) is 0.429. The van der Waals surface area contributed by atoms with Crippen molar-refractivity contribution in [2.45, 2.75) is 6.42 Å². The molecule has 0 aliphatic carbocycles. The molecule has 1 aliphatic rings. The first-order chi connectivity index (χ1) is 9.67. The van der Waals surface area contributed by atoms with Crippen LogP contribution in [0.4, 0.5) is 14.9 Å². The second-order valence-corrected chi connectivity index (χ2v) is 4.91. The molecule has 1 fully saturated rings. The van der Waals surface area contributed by atoms with Gasteiger partial charge in [0.2, 0.25) is 5.95 Å². The highest BCUT2D eigenvalue weighted by Crippen LogP contribution is 2.14. The number of amides is 2. The third kappa shape index (κ3) is 4.31. The van der Waals surface area contributed by atoms with Gasteiger partial charge in [0.15, 0.2) is 0 Å². The van der Waals surface area contributed by atoms with Gasteiger partial charge in [-0.05, 0) is 31.0 Å². The first kappa shape index (κ1) is 14.5. The highest BCUT2D eigenvalue weighted by molar-refractivity contribution is 5.88. The maximum absolute atomic E-state index is 12.6. The van der Waals surface area contributed by atoms with Crippen LogP contribution in [0, 0.1) is 11.9 Å². The first-order valence-electron chi connectivity index (χ1n) is 6.67. The normalized spacial score (nSPS) is 18.8. The summed E-state index contributed by atoms with van der Waals surface area (Å²) in [7, 11) is 0. The van der Waals surface area contributed by atoms with Gasteiger partial charge in [-0.25, -0.2) is 9.78 Å². The molecule has 0 bridgehead atoms. The van der Waals surface area contributed by atoms with Gasteiger partial charge in [-0.3, -0.25) is 4.90 Å². The Kier molecular flexibility index (Phi) is 5.06. The lowest BCUT2D eigenvalue weighted by atomic mass is 10.1. The Morgan fingerprint density at radius 3 is 3.15 bits per heavy atom. The molecule has 6 heteroatoms. The molecule has 108 valence electrons. The molecule has 2 heterocycles. The van der Waals surface area contributed by atoms with Crippen molar-refractivity contribution >= 4 is 11.7 Å². The number of nitrogens with one attached hydrogen (secondary N) is 2. The lowest BCUT2D eigenvalue weighted by Gasteiger charge is -2.14. The standard InChI is InChI=1S/C14H19FN4O/c1-2-6-19-7-5-11(10-19)8-17-14(20)18-12-3-4-13(15)16-9-12/h2-4,9,11H,1,5-8,10H2,(H2,17,18,20)/t11-/m0/s1. The van der Waals surface area contributed by atoms with Crippen LogP contribution >= 0.6 is 0 Å². The summed E-state index contributed by atoms with van der Waals surface area (Å²) < 4.78 is 12.6. The van der Waals surface area contributed by atoms with Gasteiger partial charge < -0.3 is 10.6 Å². The van der Waals surface area contributed by atoms with Crippen molar-refractivity contribution in [1.82, 2.24) is 15.2 Å². The van der Waals surface area contributed by atoms with E-state index < -0.39 is 5.95 Å². The first-order valence-corrected chi connectivity index (χ1v) is 6.67. The van der Waals surface area contributed by atoms with Gasteiger partial charge in [-0.1, -0.05) is 6.08 Å². The molecule has 1 aromatic rings. The summed E-state index contributed by atoms with van der Waals surface area (Å²) in [6, 6.07) is 2.39. The van der Waals surface area contributed by atoms with Crippen LogP contribution < -0.4 is 10.6 Å². The van der Waals surface area contributed by atoms with Crippen LogP contribution in [0.5, 0.6) is 0 Å². The van der Waals surface area contributed by atoms with Gasteiger partial charge in [0.25, 0.3) is 0 Å². The number of anilines is 1. The van der Waals surface area contributed by atoms with E-state index in [9.17, 15) is 9.18 Å². The minimum atomic E-state index is -0.566. The van der Waals surface area contributed by atoms with Crippen LogP contribution in [0.1, 0.15) is 6.42 Å². The number of carbonyl (C=O) groups is 1. The molecular weight excluding hydrogens is 259 g/mol. The number of nitrogens with zero attached hydrogens (tertiary/aromatic N) is 2. The van der Waals surface area contributed by atoms with Gasteiger partial charge >= 0.3 is 6.03 Å². The van der Waals surface area contributed by atoms with E-state index in [1.165, 1.54) is 18.3 Å². The summed E-state index contributed by atoms with van der Waals surface area (Å²) in [4.78, 5) is 17.5. The maximum Gasteiger partial charge on any atom is 0.319 e. The van der Waals surface area contributed by atoms with Crippen LogP contribution in [0.15, 0.2) is 31.0 Å². The SMILES string of the molecule is C=CCN1CC[C@@H](CNC(=O)Nc2ccc(F)nc2)C1. The van der Waals surface area contributed by atoms with E-state index in [2.05, 4.69) is 27.1 Å². The Morgan fingerprint density at radius 2 is 2.45 bits per heavy atom. The number of hydrogen-bond donors (Lipinski definition) is 2. The minimum Gasteiger partial charge on any atom is -0.338 e. The molecule has 1 atom stereocenters. The molecule has 1 saturated heterocycles. The summed E-state index contributed by atoms with van der Waals surface area (Å²) in [5.74, 6) is -0.101. The van der Waals surface area contributed by atoms with Gasteiger partial charge in [0.05, 0.1) is 11.9 Å². The molecule has 2 amide bonds. The number of likely N-dealkylation sites (tertiary alicyclic amines) is 1. The van der Waals surface area contributed by atoms with Crippen molar-refractivity contribution in [2.24, 2.45) is 5.92 Å².